The topological polar surface area (TPSA) is 48.5 Å². The van der Waals surface area contributed by atoms with Crippen molar-refractivity contribution in [3.05, 3.63) is 45.4 Å². The number of carbonyl (C=O) groups is 1. The average molecular weight is 389 g/mol. The van der Waals surface area contributed by atoms with E-state index in [0.29, 0.717) is 19.5 Å². The molecule has 0 atom stereocenters. The Morgan fingerprint density at radius 2 is 1.73 bits per heavy atom. The zero-order chi connectivity index (χ0) is 18.7. The number of nitrogens with one attached hydrogen (secondary N) is 1. The third-order valence-electron chi connectivity index (χ3n) is 4.36. The zero-order valence-corrected chi connectivity index (χ0v) is 17.0. The molecular weight excluding hydrogens is 364 g/mol. The summed E-state index contributed by atoms with van der Waals surface area (Å²) in [4.78, 5) is 20.9. The summed E-state index contributed by atoms with van der Waals surface area (Å²) in [6, 6.07) is 6.33. The second kappa shape index (κ2) is 8.14. The Hall–Kier alpha value is -1.99. The summed E-state index contributed by atoms with van der Waals surface area (Å²) in [5.41, 5.74) is 4.42. The van der Waals surface area contributed by atoms with Crippen molar-refractivity contribution in [3.63, 3.8) is 0 Å². The van der Waals surface area contributed by atoms with Crippen molar-refractivity contribution in [1.82, 2.24) is 14.8 Å². The van der Waals surface area contributed by atoms with Crippen LogP contribution in [0.4, 0.5) is 5.69 Å². The van der Waals surface area contributed by atoms with Gasteiger partial charge in [-0.05, 0) is 56.2 Å². The molecule has 5 nitrogen and oxygen atoms in total. The molecule has 26 heavy (non-hydrogen) atoms. The second-order valence-corrected chi connectivity index (χ2v) is 8.06. The normalized spacial score (nSPS) is 14.4. The summed E-state index contributed by atoms with van der Waals surface area (Å²) in [7, 11) is 0. The number of aryl methyl sites for hydroxylation is 3. The number of hydrogen-bond acceptors (Lipinski definition) is 4. The molecule has 1 aromatic carbocycles. The minimum atomic E-state index is 0.146. The second-order valence-electron chi connectivity index (χ2n) is 6.73. The Labute approximate surface area is 164 Å². The molecule has 1 amide bonds. The molecule has 1 saturated heterocycles. The SMILES string of the molecule is Cc1cc(C)cc(NC(=S)N2CCN(C(=O)Cc3nc(C)cs3)CC2)c1. The lowest BCUT2D eigenvalue weighted by molar-refractivity contribution is -0.131. The molecule has 2 heterocycles. The van der Waals surface area contributed by atoms with Gasteiger partial charge in [-0.3, -0.25) is 4.79 Å². The molecule has 0 saturated carbocycles. The minimum Gasteiger partial charge on any atom is -0.345 e. The summed E-state index contributed by atoms with van der Waals surface area (Å²) < 4.78 is 0. The Morgan fingerprint density at radius 1 is 1.12 bits per heavy atom. The highest BCUT2D eigenvalue weighted by Crippen LogP contribution is 2.16. The van der Waals surface area contributed by atoms with Gasteiger partial charge in [0.2, 0.25) is 5.91 Å². The van der Waals surface area contributed by atoms with Gasteiger partial charge in [0.1, 0.15) is 5.01 Å². The largest absolute Gasteiger partial charge is 0.345 e. The lowest BCUT2D eigenvalue weighted by Gasteiger charge is -2.36. The van der Waals surface area contributed by atoms with Gasteiger partial charge in [0.25, 0.3) is 0 Å². The summed E-state index contributed by atoms with van der Waals surface area (Å²) in [6.45, 7) is 8.99. The van der Waals surface area contributed by atoms with Gasteiger partial charge in [0, 0.05) is 42.9 Å². The van der Waals surface area contributed by atoms with E-state index in [-0.39, 0.29) is 5.91 Å². The average Bonchev–Trinajstić information content (AvgIpc) is 2.99. The van der Waals surface area contributed by atoms with Crippen molar-refractivity contribution < 1.29 is 4.79 Å². The number of amides is 1. The lowest BCUT2D eigenvalue weighted by Crippen LogP contribution is -2.52. The van der Waals surface area contributed by atoms with Crippen LogP contribution in [0.15, 0.2) is 23.6 Å². The van der Waals surface area contributed by atoms with Crippen molar-refractivity contribution in [2.24, 2.45) is 0 Å². The summed E-state index contributed by atoms with van der Waals surface area (Å²) in [6.07, 6.45) is 0.393. The number of thiazole rings is 1. The first-order valence-electron chi connectivity index (χ1n) is 8.74. The molecule has 1 aliphatic rings. The number of aromatic nitrogens is 1. The highest BCUT2D eigenvalue weighted by atomic mass is 32.1. The number of thiocarbonyl (C=S) groups is 1. The molecule has 1 N–H and O–H groups in total. The van der Waals surface area contributed by atoms with Crippen LogP contribution < -0.4 is 5.32 Å². The third kappa shape index (κ3) is 4.80. The maximum atomic E-state index is 12.4. The van der Waals surface area contributed by atoms with E-state index in [0.717, 1.165) is 34.6 Å². The molecule has 0 bridgehead atoms. The highest BCUT2D eigenvalue weighted by molar-refractivity contribution is 7.80. The summed E-state index contributed by atoms with van der Waals surface area (Å²) in [5, 5.41) is 6.92. The van der Waals surface area contributed by atoms with Crippen molar-refractivity contribution in [1.29, 1.82) is 0 Å². The zero-order valence-electron chi connectivity index (χ0n) is 15.4. The predicted octanol–water partition coefficient (Wildman–Crippen LogP) is 3.15. The molecule has 3 rings (SSSR count). The summed E-state index contributed by atoms with van der Waals surface area (Å²) >= 11 is 7.11. The molecule has 0 aliphatic carbocycles. The third-order valence-corrected chi connectivity index (χ3v) is 5.69. The fourth-order valence-electron chi connectivity index (χ4n) is 3.13. The molecule has 0 radical (unpaired) electrons. The fourth-order valence-corrected chi connectivity index (χ4v) is 4.20. The molecular formula is C19H24N4OS2. The molecule has 1 aromatic heterocycles. The van der Waals surface area contributed by atoms with E-state index in [9.17, 15) is 4.79 Å². The molecule has 2 aromatic rings. The van der Waals surface area contributed by atoms with Gasteiger partial charge >= 0.3 is 0 Å². The first-order valence-corrected chi connectivity index (χ1v) is 10.0. The number of benzene rings is 1. The van der Waals surface area contributed by atoms with Gasteiger partial charge in [-0.2, -0.15) is 0 Å². The van der Waals surface area contributed by atoms with Crippen LogP contribution in [0.3, 0.4) is 0 Å². The standard InChI is InChI=1S/C19H24N4OS2/c1-13-8-14(2)10-16(9-13)21-19(25)23-6-4-22(5-7-23)18(24)11-17-20-15(3)12-26-17/h8-10,12H,4-7,11H2,1-3H3,(H,21,25). The van der Waals surface area contributed by atoms with Crippen LogP contribution in [0, 0.1) is 20.8 Å². The molecule has 1 aliphatic heterocycles. The number of rotatable bonds is 3. The van der Waals surface area contributed by atoms with Gasteiger partial charge in [-0.25, -0.2) is 4.98 Å². The number of anilines is 1. The van der Waals surface area contributed by atoms with Crippen LogP contribution in [-0.4, -0.2) is 52.0 Å². The van der Waals surface area contributed by atoms with Crippen LogP contribution in [0.25, 0.3) is 0 Å². The Kier molecular flexibility index (Phi) is 5.88. The van der Waals surface area contributed by atoms with Crippen LogP contribution in [-0.2, 0) is 11.2 Å². The summed E-state index contributed by atoms with van der Waals surface area (Å²) in [5.74, 6) is 0.146. The van der Waals surface area contributed by atoms with Gasteiger partial charge < -0.3 is 15.1 Å². The van der Waals surface area contributed by atoms with E-state index in [1.807, 2.05) is 17.2 Å². The van der Waals surface area contributed by atoms with Crippen LogP contribution in [0.1, 0.15) is 21.8 Å². The van der Waals surface area contributed by atoms with Crippen molar-refractivity contribution in [3.8, 4) is 0 Å². The van der Waals surface area contributed by atoms with Gasteiger partial charge in [-0.1, -0.05) is 6.07 Å². The highest BCUT2D eigenvalue weighted by Gasteiger charge is 2.23. The molecule has 7 heteroatoms. The van der Waals surface area contributed by atoms with E-state index in [4.69, 9.17) is 12.2 Å². The van der Waals surface area contributed by atoms with E-state index < -0.39 is 0 Å². The van der Waals surface area contributed by atoms with Crippen LogP contribution in [0.2, 0.25) is 0 Å². The predicted molar refractivity (Wildman–Crippen MR) is 111 cm³/mol. The Bertz CT molecular complexity index is 789. The molecule has 0 spiro atoms. The van der Waals surface area contributed by atoms with E-state index >= 15 is 0 Å². The van der Waals surface area contributed by atoms with Gasteiger partial charge in [0.15, 0.2) is 5.11 Å². The number of carbonyl (C=O) groups excluding carboxylic acids is 1. The molecule has 1 fully saturated rings. The maximum Gasteiger partial charge on any atom is 0.229 e. The number of hydrogen-bond donors (Lipinski definition) is 1. The molecule has 138 valence electrons. The molecule has 0 unspecified atom stereocenters. The maximum absolute atomic E-state index is 12.4. The Balaban J connectivity index is 1.51. The van der Waals surface area contributed by atoms with Crippen molar-refractivity contribution in [2.45, 2.75) is 27.2 Å². The van der Waals surface area contributed by atoms with Crippen molar-refractivity contribution >= 4 is 40.3 Å². The quantitative estimate of drug-likeness (QED) is 0.819. The van der Waals surface area contributed by atoms with E-state index in [1.54, 1.807) is 11.3 Å². The van der Waals surface area contributed by atoms with Crippen LogP contribution in [0.5, 0.6) is 0 Å². The van der Waals surface area contributed by atoms with Crippen molar-refractivity contribution in [2.75, 3.05) is 31.5 Å². The van der Waals surface area contributed by atoms with E-state index in [2.05, 4.69) is 47.2 Å². The number of nitrogens with zero attached hydrogens (tertiary/aromatic N) is 3. The first kappa shape index (κ1) is 18.8. The lowest BCUT2D eigenvalue weighted by atomic mass is 10.1. The van der Waals surface area contributed by atoms with Gasteiger partial charge in [0.05, 0.1) is 6.42 Å². The Morgan fingerprint density at radius 3 is 2.31 bits per heavy atom. The fraction of sp³-hybridized carbons (Fsp3) is 0.421. The first-order chi connectivity index (χ1) is 12.4. The number of piperazine rings is 1. The van der Waals surface area contributed by atoms with Crippen LogP contribution >= 0.6 is 23.6 Å². The monoisotopic (exact) mass is 388 g/mol. The van der Waals surface area contributed by atoms with E-state index in [1.165, 1.54) is 11.1 Å². The smallest absolute Gasteiger partial charge is 0.229 e. The van der Waals surface area contributed by atoms with Gasteiger partial charge in [-0.15, -0.1) is 11.3 Å². The minimum absolute atomic E-state index is 0.146.